The summed E-state index contributed by atoms with van der Waals surface area (Å²) < 4.78 is 10.3. The van der Waals surface area contributed by atoms with Gasteiger partial charge in [0.25, 0.3) is 0 Å². The first kappa shape index (κ1) is 15.7. The van der Waals surface area contributed by atoms with Gasteiger partial charge >= 0.3 is 0 Å². The van der Waals surface area contributed by atoms with Gasteiger partial charge in [0, 0.05) is 12.6 Å². The van der Waals surface area contributed by atoms with Gasteiger partial charge in [0.2, 0.25) is 0 Å². The first-order chi connectivity index (χ1) is 11.2. The Labute approximate surface area is 137 Å². The number of nitrogens with zero attached hydrogens (tertiary/aromatic N) is 1. The van der Waals surface area contributed by atoms with Crippen LogP contribution in [0.25, 0.3) is 0 Å². The van der Waals surface area contributed by atoms with Gasteiger partial charge in [0.15, 0.2) is 11.5 Å². The van der Waals surface area contributed by atoms with Crippen molar-refractivity contribution in [2.75, 3.05) is 20.8 Å². The van der Waals surface area contributed by atoms with Crippen LogP contribution in [0, 0.1) is 0 Å². The molecule has 0 bridgehead atoms. The minimum atomic E-state index is 0.199. The number of rotatable bonds is 5. The standard InChI is InChI=1S/C19H23NO3/c1-22-16-8-6-15(7-9-16)17-4-3-11-20(17)13-14-5-10-19(23-2)18(21)12-14/h5-10,12,17,21H,3-4,11,13H2,1-2H3. The lowest BCUT2D eigenvalue weighted by molar-refractivity contribution is 0.248. The Balaban J connectivity index is 1.74. The normalized spacial score (nSPS) is 18.1. The molecule has 0 aliphatic carbocycles. The fraction of sp³-hybridized carbons (Fsp3) is 0.368. The van der Waals surface area contributed by atoms with Crippen LogP contribution >= 0.6 is 0 Å². The molecule has 1 aliphatic heterocycles. The summed E-state index contributed by atoms with van der Waals surface area (Å²) in [6, 6.07) is 14.4. The first-order valence-electron chi connectivity index (χ1n) is 7.95. The van der Waals surface area contributed by atoms with Crippen LogP contribution in [0.2, 0.25) is 0 Å². The summed E-state index contributed by atoms with van der Waals surface area (Å²) in [5.74, 6) is 1.60. The van der Waals surface area contributed by atoms with Gasteiger partial charge in [-0.05, 0) is 54.8 Å². The minimum absolute atomic E-state index is 0.199. The molecule has 3 rings (SSSR count). The molecule has 2 aromatic rings. The number of phenolic OH excluding ortho intramolecular Hbond substituents is 1. The largest absolute Gasteiger partial charge is 0.504 e. The summed E-state index contributed by atoms with van der Waals surface area (Å²) in [6.07, 6.45) is 2.35. The van der Waals surface area contributed by atoms with Crippen molar-refractivity contribution in [3.63, 3.8) is 0 Å². The zero-order valence-corrected chi connectivity index (χ0v) is 13.7. The fourth-order valence-electron chi connectivity index (χ4n) is 3.29. The van der Waals surface area contributed by atoms with Gasteiger partial charge in [0.1, 0.15) is 5.75 Å². The fourth-order valence-corrected chi connectivity index (χ4v) is 3.29. The molecule has 2 aromatic carbocycles. The highest BCUT2D eigenvalue weighted by atomic mass is 16.5. The molecule has 1 aliphatic rings. The number of methoxy groups -OCH3 is 2. The average Bonchev–Trinajstić information content (AvgIpc) is 3.03. The van der Waals surface area contributed by atoms with Crippen LogP contribution in [-0.4, -0.2) is 30.8 Å². The second-order valence-electron chi connectivity index (χ2n) is 5.91. The number of hydrogen-bond donors (Lipinski definition) is 1. The van der Waals surface area contributed by atoms with E-state index in [9.17, 15) is 5.11 Å². The van der Waals surface area contributed by atoms with Gasteiger partial charge in [0.05, 0.1) is 14.2 Å². The van der Waals surface area contributed by atoms with Crippen LogP contribution in [0.3, 0.4) is 0 Å². The number of benzene rings is 2. The van der Waals surface area contributed by atoms with Crippen molar-refractivity contribution >= 4 is 0 Å². The van der Waals surface area contributed by atoms with Crippen molar-refractivity contribution in [3.8, 4) is 17.2 Å². The van der Waals surface area contributed by atoms with Gasteiger partial charge in [-0.2, -0.15) is 0 Å². The highest BCUT2D eigenvalue weighted by Crippen LogP contribution is 2.35. The minimum Gasteiger partial charge on any atom is -0.504 e. The molecule has 0 aromatic heterocycles. The van der Waals surface area contributed by atoms with Crippen LogP contribution < -0.4 is 9.47 Å². The van der Waals surface area contributed by atoms with Crippen molar-refractivity contribution in [2.24, 2.45) is 0 Å². The van der Waals surface area contributed by atoms with E-state index in [1.807, 2.05) is 24.3 Å². The molecule has 0 saturated carbocycles. The van der Waals surface area contributed by atoms with Gasteiger partial charge in [-0.15, -0.1) is 0 Å². The summed E-state index contributed by atoms with van der Waals surface area (Å²) in [5, 5.41) is 9.95. The van der Waals surface area contributed by atoms with E-state index in [2.05, 4.69) is 17.0 Å². The van der Waals surface area contributed by atoms with E-state index in [1.165, 1.54) is 12.0 Å². The lowest BCUT2D eigenvalue weighted by Crippen LogP contribution is -2.22. The lowest BCUT2D eigenvalue weighted by Gasteiger charge is -2.25. The zero-order chi connectivity index (χ0) is 16.2. The Hall–Kier alpha value is -2.20. The van der Waals surface area contributed by atoms with Gasteiger partial charge < -0.3 is 14.6 Å². The molecule has 0 radical (unpaired) electrons. The summed E-state index contributed by atoms with van der Waals surface area (Å²) in [7, 11) is 3.25. The second kappa shape index (κ2) is 6.92. The Bertz CT molecular complexity index is 654. The molecule has 1 saturated heterocycles. The number of likely N-dealkylation sites (tertiary alicyclic amines) is 1. The number of ether oxygens (including phenoxy) is 2. The molecule has 4 heteroatoms. The lowest BCUT2D eigenvalue weighted by atomic mass is 10.0. The smallest absolute Gasteiger partial charge is 0.160 e. The van der Waals surface area contributed by atoms with E-state index >= 15 is 0 Å². The van der Waals surface area contributed by atoms with E-state index in [-0.39, 0.29) is 5.75 Å². The van der Waals surface area contributed by atoms with E-state index in [0.29, 0.717) is 11.8 Å². The third kappa shape index (κ3) is 3.42. The third-order valence-corrected chi connectivity index (χ3v) is 4.49. The molecule has 1 fully saturated rings. The quantitative estimate of drug-likeness (QED) is 0.913. The van der Waals surface area contributed by atoms with Crippen molar-refractivity contribution < 1.29 is 14.6 Å². The highest BCUT2D eigenvalue weighted by Gasteiger charge is 2.26. The van der Waals surface area contributed by atoms with E-state index in [0.717, 1.165) is 30.8 Å². The van der Waals surface area contributed by atoms with Crippen LogP contribution in [0.5, 0.6) is 17.2 Å². The molecule has 1 atom stereocenters. The second-order valence-corrected chi connectivity index (χ2v) is 5.91. The van der Waals surface area contributed by atoms with Crippen molar-refractivity contribution in [2.45, 2.75) is 25.4 Å². The van der Waals surface area contributed by atoms with E-state index in [4.69, 9.17) is 9.47 Å². The Morgan fingerprint density at radius 3 is 2.52 bits per heavy atom. The predicted octanol–water partition coefficient (Wildman–Crippen LogP) is 3.75. The summed E-state index contributed by atoms with van der Waals surface area (Å²) in [5.41, 5.74) is 2.42. The zero-order valence-electron chi connectivity index (χ0n) is 13.7. The summed E-state index contributed by atoms with van der Waals surface area (Å²) in [4.78, 5) is 2.46. The summed E-state index contributed by atoms with van der Waals surface area (Å²) >= 11 is 0. The SMILES string of the molecule is COc1ccc(C2CCCN2Cc2ccc(OC)c(O)c2)cc1. The molecule has 1 unspecified atom stereocenters. The Morgan fingerprint density at radius 1 is 1.09 bits per heavy atom. The molecular formula is C19H23NO3. The highest BCUT2D eigenvalue weighted by molar-refractivity contribution is 5.41. The summed E-state index contributed by atoms with van der Waals surface area (Å²) in [6.45, 7) is 1.90. The van der Waals surface area contributed by atoms with E-state index in [1.54, 1.807) is 20.3 Å². The van der Waals surface area contributed by atoms with Crippen LogP contribution in [0.1, 0.15) is 30.0 Å². The maximum Gasteiger partial charge on any atom is 0.160 e. The van der Waals surface area contributed by atoms with Gasteiger partial charge in [-0.3, -0.25) is 4.90 Å². The molecule has 1 heterocycles. The van der Waals surface area contributed by atoms with E-state index < -0.39 is 0 Å². The van der Waals surface area contributed by atoms with Crippen molar-refractivity contribution in [1.82, 2.24) is 4.90 Å². The molecule has 1 N–H and O–H groups in total. The van der Waals surface area contributed by atoms with Crippen molar-refractivity contribution in [1.29, 1.82) is 0 Å². The molecule has 23 heavy (non-hydrogen) atoms. The molecular weight excluding hydrogens is 290 g/mol. The van der Waals surface area contributed by atoms with Crippen LogP contribution in [0.15, 0.2) is 42.5 Å². The predicted molar refractivity (Wildman–Crippen MR) is 90.0 cm³/mol. The van der Waals surface area contributed by atoms with Crippen molar-refractivity contribution in [3.05, 3.63) is 53.6 Å². The first-order valence-corrected chi connectivity index (χ1v) is 7.95. The third-order valence-electron chi connectivity index (χ3n) is 4.49. The topological polar surface area (TPSA) is 41.9 Å². The number of hydrogen-bond acceptors (Lipinski definition) is 4. The molecule has 122 valence electrons. The number of aromatic hydroxyl groups is 1. The van der Waals surface area contributed by atoms with Crippen LogP contribution in [0.4, 0.5) is 0 Å². The molecule has 4 nitrogen and oxygen atoms in total. The van der Waals surface area contributed by atoms with Gasteiger partial charge in [-0.25, -0.2) is 0 Å². The number of phenols is 1. The molecule has 0 spiro atoms. The monoisotopic (exact) mass is 313 g/mol. The van der Waals surface area contributed by atoms with Gasteiger partial charge in [-0.1, -0.05) is 18.2 Å². The average molecular weight is 313 g/mol. The maximum absolute atomic E-state index is 9.95. The Morgan fingerprint density at radius 2 is 1.87 bits per heavy atom. The Kier molecular flexibility index (Phi) is 4.72. The maximum atomic E-state index is 9.95. The molecule has 0 amide bonds. The van der Waals surface area contributed by atoms with Crippen LogP contribution in [-0.2, 0) is 6.54 Å².